The van der Waals surface area contributed by atoms with E-state index in [2.05, 4.69) is 4.74 Å². The summed E-state index contributed by atoms with van der Waals surface area (Å²) in [6.45, 7) is 0.797. The van der Waals surface area contributed by atoms with E-state index >= 15 is 0 Å². The summed E-state index contributed by atoms with van der Waals surface area (Å²) in [5, 5.41) is 0. The molecule has 2 aliphatic heterocycles. The summed E-state index contributed by atoms with van der Waals surface area (Å²) in [4.78, 5) is 25.6. The zero-order chi connectivity index (χ0) is 14.1. The molecule has 0 saturated carbocycles. The first-order valence-corrected chi connectivity index (χ1v) is 6.40. The maximum absolute atomic E-state index is 12.3. The fraction of sp³-hybridized carbons (Fsp3) is 0.429. The topological polar surface area (TPSA) is 65.1 Å². The average Bonchev–Trinajstić information content (AvgIpc) is 2.84. The van der Waals surface area contributed by atoms with Gasteiger partial charge in [-0.15, -0.1) is 0 Å². The highest BCUT2D eigenvalue weighted by Crippen LogP contribution is 2.28. The number of ether oxygens (including phenoxy) is 3. The van der Waals surface area contributed by atoms with Gasteiger partial charge in [-0.3, -0.25) is 4.79 Å². The molecule has 1 amide bonds. The molecule has 1 aromatic rings. The standard InChI is InChI=1S/C14H15NO5/c1-18-14(17)12-11-13(16)15(8-10(19-11)20-12)7-9-5-3-2-4-6-9/h2-6,10-12H,7-8H2,1H3/t10-,11+,12-/m0/s1. The number of morpholine rings is 1. The van der Waals surface area contributed by atoms with Gasteiger partial charge < -0.3 is 19.1 Å². The average molecular weight is 277 g/mol. The predicted molar refractivity (Wildman–Crippen MR) is 67.4 cm³/mol. The van der Waals surface area contributed by atoms with Crippen LogP contribution >= 0.6 is 0 Å². The Labute approximate surface area is 116 Å². The SMILES string of the molecule is COC(=O)[C@H]1O[C@H]2CN(Cc3ccccc3)C(=O)[C@@H]1O2. The van der Waals surface area contributed by atoms with Crippen molar-refractivity contribution in [3.05, 3.63) is 35.9 Å². The van der Waals surface area contributed by atoms with Gasteiger partial charge in [0, 0.05) is 6.54 Å². The smallest absolute Gasteiger partial charge is 0.338 e. The maximum atomic E-state index is 12.3. The molecule has 6 nitrogen and oxygen atoms in total. The molecule has 106 valence electrons. The molecular weight excluding hydrogens is 262 g/mol. The van der Waals surface area contributed by atoms with Crippen LogP contribution in [0.1, 0.15) is 5.56 Å². The molecule has 0 N–H and O–H groups in total. The van der Waals surface area contributed by atoms with Crippen LogP contribution in [0.25, 0.3) is 0 Å². The van der Waals surface area contributed by atoms with Gasteiger partial charge in [-0.05, 0) is 5.56 Å². The van der Waals surface area contributed by atoms with E-state index in [1.807, 2.05) is 30.3 Å². The van der Waals surface area contributed by atoms with Crippen LogP contribution in [0.15, 0.2) is 30.3 Å². The molecule has 2 aliphatic rings. The number of hydrogen-bond acceptors (Lipinski definition) is 5. The Morgan fingerprint density at radius 3 is 2.80 bits per heavy atom. The van der Waals surface area contributed by atoms with Gasteiger partial charge in [0.1, 0.15) is 0 Å². The van der Waals surface area contributed by atoms with E-state index in [0.29, 0.717) is 13.1 Å². The fourth-order valence-corrected chi connectivity index (χ4v) is 2.47. The third-order valence-electron chi connectivity index (χ3n) is 3.45. The van der Waals surface area contributed by atoms with E-state index in [-0.39, 0.29) is 5.91 Å². The second-order valence-electron chi connectivity index (χ2n) is 4.77. The highest BCUT2D eigenvalue weighted by Gasteiger charge is 2.51. The quantitative estimate of drug-likeness (QED) is 0.744. The number of esters is 1. The van der Waals surface area contributed by atoms with E-state index in [4.69, 9.17) is 9.47 Å². The molecule has 0 aromatic heterocycles. The van der Waals surface area contributed by atoms with E-state index < -0.39 is 24.5 Å². The van der Waals surface area contributed by atoms with Crippen LogP contribution in [0.4, 0.5) is 0 Å². The summed E-state index contributed by atoms with van der Waals surface area (Å²) in [7, 11) is 1.26. The first kappa shape index (κ1) is 13.1. The number of nitrogens with zero attached hydrogens (tertiary/aromatic N) is 1. The molecule has 2 bridgehead atoms. The van der Waals surface area contributed by atoms with Gasteiger partial charge in [0.25, 0.3) is 5.91 Å². The lowest BCUT2D eigenvalue weighted by Crippen LogP contribution is -2.49. The van der Waals surface area contributed by atoms with Crippen molar-refractivity contribution in [3.63, 3.8) is 0 Å². The van der Waals surface area contributed by atoms with Gasteiger partial charge in [0.15, 0.2) is 18.5 Å². The number of methoxy groups -OCH3 is 1. The third kappa shape index (κ3) is 2.28. The molecule has 6 heteroatoms. The summed E-state index contributed by atoms with van der Waals surface area (Å²) in [5.74, 6) is -0.814. The van der Waals surface area contributed by atoms with E-state index in [1.54, 1.807) is 4.90 Å². The molecule has 0 radical (unpaired) electrons. The van der Waals surface area contributed by atoms with E-state index in [9.17, 15) is 9.59 Å². The molecule has 2 fully saturated rings. The van der Waals surface area contributed by atoms with Crippen molar-refractivity contribution in [2.45, 2.75) is 25.0 Å². The highest BCUT2D eigenvalue weighted by atomic mass is 16.7. The van der Waals surface area contributed by atoms with E-state index in [0.717, 1.165) is 5.56 Å². The zero-order valence-corrected chi connectivity index (χ0v) is 11.0. The van der Waals surface area contributed by atoms with E-state index in [1.165, 1.54) is 7.11 Å². The molecule has 3 atom stereocenters. The van der Waals surface area contributed by atoms with Gasteiger partial charge >= 0.3 is 5.97 Å². The molecule has 0 unspecified atom stereocenters. The lowest BCUT2D eigenvalue weighted by molar-refractivity contribution is -0.162. The van der Waals surface area contributed by atoms with Crippen LogP contribution in [0.5, 0.6) is 0 Å². The van der Waals surface area contributed by atoms with Gasteiger partial charge in [-0.2, -0.15) is 0 Å². The molecule has 0 aliphatic carbocycles. The third-order valence-corrected chi connectivity index (χ3v) is 3.45. The number of hydrogen-bond donors (Lipinski definition) is 0. The largest absolute Gasteiger partial charge is 0.467 e. The molecule has 1 aromatic carbocycles. The lowest BCUT2D eigenvalue weighted by atomic mass is 10.1. The van der Waals surface area contributed by atoms with Gasteiger partial charge in [-0.1, -0.05) is 30.3 Å². The van der Waals surface area contributed by atoms with Crippen molar-refractivity contribution in [1.82, 2.24) is 4.90 Å². The lowest BCUT2D eigenvalue weighted by Gasteiger charge is -2.30. The van der Waals surface area contributed by atoms with Crippen molar-refractivity contribution in [2.24, 2.45) is 0 Å². The van der Waals surface area contributed by atoms with Gasteiger partial charge in [0.05, 0.1) is 13.7 Å². The van der Waals surface area contributed by atoms with Crippen LogP contribution < -0.4 is 0 Å². The minimum Gasteiger partial charge on any atom is -0.467 e. The number of rotatable bonds is 3. The summed E-state index contributed by atoms with van der Waals surface area (Å²) in [6.07, 6.45) is -2.42. The molecule has 3 rings (SSSR count). The maximum Gasteiger partial charge on any atom is 0.338 e. The Morgan fingerprint density at radius 1 is 1.35 bits per heavy atom. The fourth-order valence-electron chi connectivity index (χ4n) is 2.47. The minimum atomic E-state index is -0.960. The number of benzene rings is 1. The minimum absolute atomic E-state index is 0.238. The second-order valence-corrected chi connectivity index (χ2v) is 4.77. The first-order chi connectivity index (χ1) is 9.69. The summed E-state index contributed by atoms with van der Waals surface area (Å²) >= 11 is 0. The predicted octanol–water partition coefficient (Wildman–Crippen LogP) is 0.312. The summed E-state index contributed by atoms with van der Waals surface area (Å²) in [6, 6.07) is 9.66. The van der Waals surface area contributed by atoms with Crippen LogP contribution in [0, 0.1) is 0 Å². The Hall–Kier alpha value is -1.92. The number of carbonyl (C=O) groups is 2. The number of fused-ring (bicyclic) bond motifs is 2. The molecule has 2 saturated heterocycles. The highest BCUT2D eigenvalue weighted by molar-refractivity contribution is 5.90. The number of amides is 1. The van der Waals surface area contributed by atoms with Crippen LogP contribution in [0.3, 0.4) is 0 Å². The van der Waals surface area contributed by atoms with Gasteiger partial charge in [0.2, 0.25) is 0 Å². The summed E-state index contributed by atoms with van der Waals surface area (Å²) in [5.41, 5.74) is 1.02. The van der Waals surface area contributed by atoms with Crippen molar-refractivity contribution in [3.8, 4) is 0 Å². The molecule has 0 spiro atoms. The Bertz CT molecular complexity index is 518. The molecule has 20 heavy (non-hydrogen) atoms. The monoisotopic (exact) mass is 277 g/mol. The molecule has 2 heterocycles. The van der Waals surface area contributed by atoms with Crippen LogP contribution in [-0.4, -0.2) is 48.9 Å². The number of carbonyl (C=O) groups excluding carboxylic acids is 2. The first-order valence-electron chi connectivity index (χ1n) is 6.40. The van der Waals surface area contributed by atoms with Crippen molar-refractivity contribution >= 4 is 11.9 Å². The summed E-state index contributed by atoms with van der Waals surface area (Å²) < 4.78 is 15.4. The normalized spacial score (nSPS) is 28.6. The Kier molecular flexibility index (Phi) is 3.42. The van der Waals surface area contributed by atoms with Crippen LogP contribution in [0.2, 0.25) is 0 Å². The Balaban J connectivity index is 1.74. The zero-order valence-electron chi connectivity index (χ0n) is 11.0. The van der Waals surface area contributed by atoms with Crippen molar-refractivity contribution < 1.29 is 23.8 Å². The Morgan fingerprint density at radius 2 is 2.10 bits per heavy atom. The second kappa shape index (κ2) is 5.22. The molecular formula is C14H15NO5. The van der Waals surface area contributed by atoms with Gasteiger partial charge in [-0.25, -0.2) is 4.79 Å². The van der Waals surface area contributed by atoms with Crippen LogP contribution in [-0.2, 0) is 30.3 Å². The van der Waals surface area contributed by atoms with Crippen molar-refractivity contribution in [1.29, 1.82) is 0 Å². The van der Waals surface area contributed by atoms with Crippen molar-refractivity contribution in [2.75, 3.05) is 13.7 Å².